The summed E-state index contributed by atoms with van der Waals surface area (Å²) in [7, 11) is 0. The molecule has 0 radical (unpaired) electrons. The molecule has 0 saturated carbocycles. The molecule has 4 nitrogen and oxygen atoms in total. The van der Waals surface area contributed by atoms with E-state index in [1.165, 1.54) is 0 Å². The minimum absolute atomic E-state index is 0.0733. The summed E-state index contributed by atoms with van der Waals surface area (Å²) in [6, 6.07) is 27.3. The predicted octanol–water partition coefficient (Wildman–Crippen LogP) is 5.23. The smallest absolute Gasteiger partial charge is 0.262 e. The number of rotatable bonds is 5. The number of hydrogen-bond donors (Lipinski definition) is 1. The number of fused-ring (bicyclic) bond motifs is 1. The molecule has 0 aliphatic rings. The Morgan fingerprint density at radius 3 is 2.43 bits per heavy atom. The number of nitrogens with one attached hydrogen (secondary N) is 1. The van der Waals surface area contributed by atoms with Gasteiger partial charge >= 0.3 is 0 Å². The maximum absolute atomic E-state index is 12.3. The number of aromatic nitrogens is 1. The Balaban J connectivity index is 1.57. The molecule has 1 heterocycles. The Hall–Kier alpha value is -3.66. The monoisotopic (exact) mass is 368 g/mol. The first-order chi connectivity index (χ1) is 13.7. The number of anilines is 1. The number of carbonyl (C=O) groups excluding carboxylic acids is 1. The van der Waals surface area contributed by atoms with E-state index in [1.54, 1.807) is 0 Å². The SMILES string of the molecule is Cc1ccc(NC(=O)COc2cc(-c3ccccc3)nc3ccccc23)cc1. The van der Waals surface area contributed by atoms with E-state index in [9.17, 15) is 4.79 Å². The minimum Gasteiger partial charge on any atom is -0.483 e. The molecule has 0 saturated heterocycles. The maximum Gasteiger partial charge on any atom is 0.262 e. The van der Waals surface area contributed by atoms with E-state index in [1.807, 2.05) is 91.9 Å². The number of benzene rings is 3. The summed E-state index contributed by atoms with van der Waals surface area (Å²) >= 11 is 0. The van der Waals surface area contributed by atoms with Gasteiger partial charge in [-0.05, 0) is 31.2 Å². The Morgan fingerprint density at radius 1 is 0.929 bits per heavy atom. The van der Waals surface area contributed by atoms with Crippen molar-refractivity contribution in [3.8, 4) is 17.0 Å². The van der Waals surface area contributed by atoms with Crippen LogP contribution in [0.2, 0.25) is 0 Å². The fourth-order valence-corrected chi connectivity index (χ4v) is 3.00. The standard InChI is InChI=1S/C24H20N2O2/c1-17-11-13-19(14-12-17)25-24(27)16-28-23-15-22(18-7-3-2-4-8-18)26-21-10-6-5-9-20(21)23/h2-15H,16H2,1H3,(H,25,27). The minimum atomic E-state index is -0.203. The second-order valence-corrected chi connectivity index (χ2v) is 6.59. The summed E-state index contributed by atoms with van der Waals surface area (Å²) < 4.78 is 5.89. The first-order valence-corrected chi connectivity index (χ1v) is 9.13. The molecule has 4 rings (SSSR count). The zero-order chi connectivity index (χ0) is 19.3. The fraction of sp³-hybridized carbons (Fsp3) is 0.0833. The summed E-state index contributed by atoms with van der Waals surface area (Å²) in [5.74, 6) is 0.439. The molecule has 1 amide bonds. The van der Waals surface area contributed by atoms with Gasteiger partial charge in [0.05, 0.1) is 11.2 Å². The van der Waals surface area contributed by atoms with Gasteiger partial charge in [-0.15, -0.1) is 0 Å². The van der Waals surface area contributed by atoms with Gasteiger partial charge in [0.15, 0.2) is 6.61 Å². The van der Waals surface area contributed by atoms with E-state index in [-0.39, 0.29) is 12.5 Å². The van der Waals surface area contributed by atoms with Crippen molar-refractivity contribution in [2.45, 2.75) is 6.92 Å². The van der Waals surface area contributed by atoms with Gasteiger partial charge in [-0.25, -0.2) is 4.98 Å². The third kappa shape index (κ3) is 4.01. The zero-order valence-electron chi connectivity index (χ0n) is 15.6. The molecular formula is C24H20N2O2. The van der Waals surface area contributed by atoms with Crippen molar-refractivity contribution in [3.05, 3.63) is 90.5 Å². The molecule has 1 N–H and O–H groups in total. The molecule has 138 valence electrons. The molecule has 0 aliphatic carbocycles. The Bertz CT molecular complexity index is 1110. The van der Waals surface area contributed by atoms with Crippen molar-refractivity contribution in [3.63, 3.8) is 0 Å². The summed E-state index contributed by atoms with van der Waals surface area (Å²) in [5, 5.41) is 3.73. The average Bonchev–Trinajstić information content (AvgIpc) is 2.74. The normalized spacial score (nSPS) is 10.6. The third-order valence-electron chi connectivity index (χ3n) is 4.44. The lowest BCUT2D eigenvalue weighted by molar-refractivity contribution is -0.118. The van der Waals surface area contributed by atoms with Gasteiger partial charge in [0.25, 0.3) is 5.91 Å². The van der Waals surface area contributed by atoms with Gasteiger partial charge in [0.2, 0.25) is 0 Å². The lowest BCUT2D eigenvalue weighted by atomic mass is 10.1. The van der Waals surface area contributed by atoms with Crippen LogP contribution in [0, 0.1) is 6.92 Å². The van der Waals surface area contributed by atoms with Crippen LogP contribution in [-0.2, 0) is 4.79 Å². The number of aryl methyl sites for hydroxylation is 1. The summed E-state index contributed by atoms with van der Waals surface area (Å²) in [6.07, 6.45) is 0. The van der Waals surface area contributed by atoms with E-state index in [4.69, 9.17) is 9.72 Å². The number of ether oxygens (including phenoxy) is 1. The maximum atomic E-state index is 12.3. The molecule has 3 aromatic carbocycles. The number of carbonyl (C=O) groups is 1. The van der Waals surface area contributed by atoms with Crippen LogP contribution in [0.4, 0.5) is 5.69 Å². The number of amides is 1. The quantitative estimate of drug-likeness (QED) is 0.525. The van der Waals surface area contributed by atoms with Gasteiger partial charge in [0, 0.05) is 22.7 Å². The van der Waals surface area contributed by atoms with Crippen LogP contribution in [0.15, 0.2) is 84.9 Å². The Morgan fingerprint density at radius 2 is 1.64 bits per heavy atom. The molecule has 0 atom stereocenters. The van der Waals surface area contributed by atoms with Crippen molar-refractivity contribution in [2.75, 3.05) is 11.9 Å². The highest BCUT2D eigenvalue weighted by molar-refractivity contribution is 5.93. The van der Waals surface area contributed by atoms with Crippen molar-refractivity contribution in [1.82, 2.24) is 4.98 Å². The van der Waals surface area contributed by atoms with Gasteiger partial charge in [0.1, 0.15) is 5.75 Å². The molecule has 1 aromatic heterocycles. The Labute approximate surface area is 163 Å². The number of nitrogens with zero attached hydrogens (tertiary/aromatic N) is 1. The van der Waals surface area contributed by atoms with Crippen LogP contribution in [-0.4, -0.2) is 17.5 Å². The van der Waals surface area contributed by atoms with Crippen molar-refractivity contribution in [2.24, 2.45) is 0 Å². The van der Waals surface area contributed by atoms with E-state index >= 15 is 0 Å². The molecular weight excluding hydrogens is 348 g/mol. The highest BCUT2D eigenvalue weighted by Gasteiger charge is 2.10. The number of hydrogen-bond acceptors (Lipinski definition) is 3. The topological polar surface area (TPSA) is 51.2 Å². The van der Waals surface area contributed by atoms with Crippen molar-refractivity contribution in [1.29, 1.82) is 0 Å². The number of pyridine rings is 1. The highest BCUT2D eigenvalue weighted by atomic mass is 16.5. The van der Waals surface area contributed by atoms with Crippen molar-refractivity contribution >= 4 is 22.5 Å². The molecule has 0 aliphatic heterocycles. The van der Waals surface area contributed by atoms with E-state index in [0.29, 0.717) is 5.75 Å². The van der Waals surface area contributed by atoms with Crippen LogP contribution in [0.3, 0.4) is 0 Å². The summed E-state index contributed by atoms with van der Waals surface area (Å²) in [6.45, 7) is 1.93. The molecule has 0 fully saturated rings. The third-order valence-corrected chi connectivity index (χ3v) is 4.44. The number of para-hydroxylation sites is 1. The van der Waals surface area contributed by atoms with E-state index in [2.05, 4.69) is 5.32 Å². The van der Waals surface area contributed by atoms with Gasteiger partial charge in [-0.2, -0.15) is 0 Å². The lowest BCUT2D eigenvalue weighted by Gasteiger charge is -2.12. The zero-order valence-corrected chi connectivity index (χ0v) is 15.6. The first kappa shape index (κ1) is 17.7. The van der Waals surface area contributed by atoms with Crippen LogP contribution in [0.25, 0.3) is 22.2 Å². The highest BCUT2D eigenvalue weighted by Crippen LogP contribution is 2.30. The van der Waals surface area contributed by atoms with Gasteiger partial charge < -0.3 is 10.1 Å². The van der Waals surface area contributed by atoms with Crippen molar-refractivity contribution < 1.29 is 9.53 Å². The molecule has 0 spiro atoms. The molecule has 4 heteroatoms. The van der Waals surface area contributed by atoms with Crippen LogP contribution >= 0.6 is 0 Å². The largest absolute Gasteiger partial charge is 0.483 e. The molecule has 0 unspecified atom stereocenters. The van der Waals surface area contributed by atoms with Gasteiger partial charge in [-0.3, -0.25) is 4.79 Å². The van der Waals surface area contributed by atoms with E-state index in [0.717, 1.165) is 33.4 Å². The Kier molecular flexibility index (Phi) is 5.02. The predicted molar refractivity (Wildman–Crippen MR) is 112 cm³/mol. The first-order valence-electron chi connectivity index (χ1n) is 9.13. The van der Waals surface area contributed by atoms with Crippen LogP contribution < -0.4 is 10.1 Å². The van der Waals surface area contributed by atoms with E-state index < -0.39 is 0 Å². The second kappa shape index (κ2) is 7.92. The molecule has 28 heavy (non-hydrogen) atoms. The average molecular weight is 368 g/mol. The lowest BCUT2D eigenvalue weighted by Crippen LogP contribution is -2.20. The summed E-state index contributed by atoms with van der Waals surface area (Å²) in [5.41, 5.74) is 4.54. The summed E-state index contributed by atoms with van der Waals surface area (Å²) in [4.78, 5) is 17.0. The fourth-order valence-electron chi connectivity index (χ4n) is 3.00. The second-order valence-electron chi connectivity index (χ2n) is 6.59. The molecule has 4 aromatic rings. The molecule has 0 bridgehead atoms. The van der Waals surface area contributed by atoms with Gasteiger partial charge in [-0.1, -0.05) is 60.2 Å². The van der Waals surface area contributed by atoms with Crippen LogP contribution in [0.1, 0.15) is 5.56 Å². The van der Waals surface area contributed by atoms with Crippen LogP contribution in [0.5, 0.6) is 5.75 Å².